The van der Waals surface area contributed by atoms with Crippen LogP contribution in [-0.2, 0) is 14.3 Å². The molecule has 4 aromatic rings. The van der Waals surface area contributed by atoms with Gasteiger partial charge >= 0.3 is 11.9 Å². The average molecular weight is 1010 g/mol. The molecule has 4 aromatic carbocycles. The van der Waals surface area contributed by atoms with Gasteiger partial charge in [0.15, 0.2) is 0 Å². The summed E-state index contributed by atoms with van der Waals surface area (Å²) in [5.74, 6) is 6.89. The average Bonchev–Trinajstić information content (AvgIpc) is 3.77. The van der Waals surface area contributed by atoms with E-state index in [-0.39, 0.29) is 23.5 Å². The van der Waals surface area contributed by atoms with E-state index < -0.39 is 0 Å². The summed E-state index contributed by atoms with van der Waals surface area (Å²) in [4.78, 5) is 30.3. The molecule has 0 bridgehead atoms. The SMILES string of the molecule is COc1ccc(N=Nc2ccc(OCCCCCOC(=O)c3ccc(N=Cc4ccc(OCCCCC(=O)O[C@H]5CC[C@@]6(C)C(=CC[C@H]7[C@@H]8CC[C@H]([C@H](C)CCCC(C)C)[C@@]8(C)CC[C@@H]76)C5)cc4)cc3)cc2)cc1. The molecule has 0 aliphatic heterocycles. The number of unbranched alkanes of at least 4 members (excludes halogenated alkanes) is 3. The van der Waals surface area contributed by atoms with Crippen molar-refractivity contribution in [1.29, 1.82) is 0 Å². The fourth-order valence-electron chi connectivity index (χ4n) is 13.2. The van der Waals surface area contributed by atoms with Gasteiger partial charge < -0.3 is 23.7 Å². The first kappa shape index (κ1) is 54.5. The summed E-state index contributed by atoms with van der Waals surface area (Å²) in [6.07, 6.45) is 22.8. The number of carbonyl (C=O) groups excluding carboxylic acids is 2. The first-order valence-corrected chi connectivity index (χ1v) is 28.1. The lowest BCUT2D eigenvalue weighted by Crippen LogP contribution is -2.51. The Morgan fingerprint density at radius 2 is 1.30 bits per heavy atom. The molecule has 74 heavy (non-hydrogen) atoms. The summed E-state index contributed by atoms with van der Waals surface area (Å²) in [6, 6.07) is 29.8. The maximum absolute atomic E-state index is 13.0. The molecule has 10 heteroatoms. The number of allylic oxidation sites excluding steroid dienone is 1. The van der Waals surface area contributed by atoms with Gasteiger partial charge in [-0.05, 0) is 226 Å². The van der Waals surface area contributed by atoms with E-state index in [1.54, 1.807) is 31.0 Å². The summed E-state index contributed by atoms with van der Waals surface area (Å²) < 4.78 is 28.7. The molecule has 0 saturated heterocycles. The van der Waals surface area contributed by atoms with Crippen LogP contribution < -0.4 is 14.2 Å². The number of methoxy groups -OCH3 is 1. The van der Waals surface area contributed by atoms with Gasteiger partial charge in [0.25, 0.3) is 0 Å². The second-order valence-electron chi connectivity index (χ2n) is 22.8. The van der Waals surface area contributed by atoms with Gasteiger partial charge in [-0.2, -0.15) is 10.2 Å². The predicted molar refractivity (Wildman–Crippen MR) is 296 cm³/mol. The second kappa shape index (κ2) is 26.1. The van der Waals surface area contributed by atoms with E-state index in [9.17, 15) is 9.59 Å². The normalized spacial score (nSPS) is 24.7. The van der Waals surface area contributed by atoms with Crippen molar-refractivity contribution in [3.63, 3.8) is 0 Å². The zero-order valence-corrected chi connectivity index (χ0v) is 45.3. The van der Waals surface area contributed by atoms with Gasteiger partial charge in [-0.15, -0.1) is 0 Å². The van der Waals surface area contributed by atoms with Gasteiger partial charge in [0.05, 0.1) is 49.6 Å². The van der Waals surface area contributed by atoms with Crippen molar-refractivity contribution in [2.75, 3.05) is 26.9 Å². The largest absolute Gasteiger partial charge is 0.497 e. The van der Waals surface area contributed by atoms with Crippen molar-refractivity contribution < 1.29 is 33.3 Å². The molecule has 0 radical (unpaired) electrons. The molecule has 3 fully saturated rings. The number of hydrogen-bond donors (Lipinski definition) is 0. The molecule has 3 saturated carbocycles. The van der Waals surface area contributed by atoms with Crippen LogP contribution in [0.5, 0.6) is 17.2 Å². The number of rotatable bonds is 25. The van der Waals surface area contributed by atoms with E-state index >= 15 is 0 Å². The zero-order chi connectivity index (χ0) is 51.9. The lowest BCUT2D eigenvalue weighted by molar-refractivity contribution is -0.151. The highest BCUT2D eigenvalue weighted by atomic mass is 16.5. The Kier molecular flexibility index (Phi) is 19.2. The second-order valence-corrected chi connectivity index (χ2v) is 22.8. The minimum Gasteiger partial charge on any atom is -0.497 e. The molecule has 0 amide bonds. The van der Waals surface area contributed by atoms with Crippen molar-refractivity contribution in [1.82, 2.24) is 0 Å². The van der Waals surface area contributed by atoms with Gasteiger partial charge in [0.2, 0.25) is 0 Å². The van der Waals surface area contributed by atoms with Gasteiger partial charge in [-0.1, -0.05) is 65.5 Å². The molecule has 8 atom stereocenters. The number of azo groups is 1. The number of fused-ring (bicyclic) bond motifs is 5. The molecule has 0 heterocycles. The van der Waals surface area contributed by atoms with Gasteiger partial charge in [-0.25, -0.2) is 4.79 Å². The van der Waals surface area contributed by atoms with Gasteiger partial charge in [-0.3, -0.25) is 9.79 Å². The lowest BCUT2D eigenvalue weighted by atomic mass is 9.47. The highest BCUT2D eigenvalue weighted by Crippen LogP contribution is 2.67. The van der Waals surface area contributed by atoms with Crippen LogP contribution in [0, 0.1) is 46.3 Å². The molecule has 8 rings (SSSR count). The van der Waals surface area contributed by atoms with Gasteiger partial charge in [0.1, 0.15) is 23.4 Å². The highest BCUT2D eigenvalue weighted by Gasteiger charge is 2.59. The Hall–Kier alpha value is -5.77. The molecule has 4 aliphatic carbocycles. The van der Waals surface area contributed by atoms with E-state index in [0.717, 1.165) is 127 Å². The van der Waals surface area contributed by atoms with Crippen LogP contribution in [0.1, 0.15) is 160 Å². The Balaban J connectivity index is 0.663. The molecule has 396 valence electrons. The Morgan fingerprint density at radius 1 is 0.662 bits per heavy atom. The molecule has 0 unspecified atom stereocenters. The number of ether oxygens (including phenoxy) is 5. The third-order valence-corrected chi connectivity index (χ3v) is 17.4. The number of nitrogens with zero attached hydrogens (tertiary/aromatic N) is 3. The number of aliphatic imine (C=N–C) groups is 1. The topological polar surface area (TPSA) is 117 Å². The van der Waals surface area contributed by atoms with Crippen molar-refractivity contribution in [3.8, 4) is 17.2 Å². The fraction of sp³-hybridized carbons (Fsp3) is 0.547. The van der Waals surface area contributed by atoms with E-state index in [2.05, 4.69) is 55.9 Å². The summed E-state index contributed by atoms with van der Waals surface area (Å²) in [5.41, 5.74) is 5.99. The van der Waals surface area contributed by atoms with Crippen LogP contribution in [0.25, 0.3) is 0 Å². The Labute approximate surface area is 442 Å². The third kappa shape index (κ3) is 14.3. The van der Waals surface area contributed by atoms with Crippen molar-refractivity contribution >= 4 is 35.2 Å². The highest BCUT2D eigenvalue weighted by molar-refractivity contribution is 5.90. The number of benzene rings is 4. The molecular weight excluding hydrogens is 923 g/mol. The van der Waals surface area contributed by atoms with Crippen LogP contribution in [0.2, 0.25) is 0 Å². The first-order valence-electron chi connectivity index (χ1n) is 28.1. The zero-order valence-electron chi connectivity index (χ0n) is 45.3. The van der Waals surface area contributed by atoms with Crippen LogP contribution >= 0.6 is 0 Å². The van der Waals surface area contributed by atoms with Crippen molar-refractivity contribution in [3.05, 3.63) is 120 Å². The minimum atomic E-state index is -0.348. The molecule has 0 N–H and O–H groups in total. The van der Waals surface area contributed by atoms with Crippen LogP contribution in [-0.4, -0.2) is 51.2 Å². The Bertz CT molecular complexity index is 2500. The summed E-state index contributed by atoms with van der Waals surface area (Å²) in [6.45, 7) is 14.0. The minimum absolute atomic E-state index is 0.00504. The number of carbonyl (C=O) groups is 2. The molecule has 10 nitrogen and oxygen atoms in total. The van der Waals surface area contributed by atoms with E-state index in [1.807, 2.05) is 84.9 Å². The fourth-order valence-corrected chi connectivity index (χ4v) is 13.2. The van der Waals surface area contributed by atoms with Crippen LogP contribution in [0.15, 0.2) is 124 Å². The quantitative estimate of drug-likeness (QED) is 0.0213. The lowest BCUT2D eigenvalue weighted by Gasteiger charge is -2.58. The smallest absolute Gasteiger partial charge is 0.338 e. The third-order valence-electron chi connectivity index (χ3n) is 17.4. The molecule has 4 aliphatic rings. The Morgan fingerprint density at radius 3 is 1.97 bits per heavy atom. The first-order chi connectivity index (χ1) is 35.9. The number of esters is 2. The monoisotopic (exact) mass is 1010 g/mol. The van der Waals surface area contributed by atoms with E-state index in [4.69, 9.17) is 23.7 Å². The standard InChI is InChI=1S/C64H83N3O7/c1-45(2)13-12-14-46(3)58-34-35-59-57-33-20-49-43-56(36-38-63(49,4)60(57)37-39-64(58,59)5)74-61(68)15-8-11-41-72-54-27-16-47(17-28-54)44-65-50-21-18-48(19-22-50)62(69)73-42-10-7-9-40-71-55-31-25-52(26-32-55)67-66-51-23-29-53(70-6)30-24-51/h16-32,44-46,56-60H,7-15,33-43H2,1-6H3/t46-,56+,57+,58-,59+,60+,63+,64-/m1/s1. The molecule has 0 spiro atoms. The van der Waals surface area contributed by atoms with Crippen molar-refractivity contribution in [2.45, 2.75) is 150 Å². The predicted octanol–water partition coefficient (Wildman–Crippen LogP) is 16.8. The maximum atomic E-state index is 13.0. The van der Waals surface area contributed by atoms with Gasteiger partial charge in [0, 0.05) is 19.1 Å². The van der Waals surface area contributed by atoms with Crippen molar-refractivity contribution in [2.24, 2.45) is 61.6 Å². The molecule has 0 aromatic heterocycles. The van der Waals surface area contributed by atoms with E-state index in [0.29, 0.717) is 37.2 Å². The maximum Gasteiger partial charge on any atom is 0.338 e. The molecular formula is C64H83N3O7. The van der Waals surface area contributed by atoms with E-state index in [1.165, 1.54) is 51.4 Å². The van der Waals surface area contributed by atoms with Crippen LogP contribution in [0.3, 0.4) is 0 Å². The summed E-state index contributed by atoms with van der Waals surface area (Å²) in [5, 5.41) is 8.54. The van der Waals surface area contributed by atoms with Crippen LogP contribution in [0.4, 0.5) is 17.1 Å². The summed E-state index contributed by atoms with van der Waals surface area (Å²) >= 11 is 0. The number of hydrogen-bond acceptors (Lipinski definition) is 10. The summed E-state index contributed by atoms with van der Waals surface area (Å²) in [7, 11) is 1.63.